The van der Waals surface area contributed by atoms with Gasteiger partial charge in [-0.3, -0.25) is 9.59 Å². The lowest BCUT2D eigenvalue weighted by atomic mass is 10.0. The number of carbonyl (C=O) groups excluding carboxylic acids is 2. The highest BCUT2D eigenvalue weighted by atomic mass is 32.2. The van der Waals surface area contributed by atoms with Crippen molar-refractivity contribution in [3.05, 3.63) is 66.2 Å². The molecule has 3 rings (SSSR count). The third kappa shape index (κ3) is 5.97. The number of hydrogen-bond donors (Lipinski definition) is 1. The summed E-state index contributed by atoms with van der Waals surface area (Å²) < 4.78 is 10.2. The number of thioether (sulfide) groups is 1. The highest BCUT2D eigenvalue weighted by molar-refractivity contribution is 7.99. The first-order chi connectivity index (χ1) is 14.6. The topological polar surface area (TPSA) is 77.5 Å². The maximum absolute atomic E-state index is 12.6. The minimum Gasteiger partial charge on any atom is -0.497 e. The first-order valence-electron chi connectivity index (χ1n) is 9.66. The molecule has 7 heteroatoms. The van der Waals surface area contributed by atoms with Gasteiger partial charge in [0.1, 0.15) is 5.75 Å². The highest BCUT2D eigenvalue weighted by Crippen LogP contribution is 2.23. The summed E-state index contributed by atoms with van der Waals surface area (Å²) in [5.74, 6) is 0.362. The van der Waals surface area contributed by atoms with Crippen LogP contribution in [0, 0.1) is 0 Å². The summed E-state index contributed by atoms with van der Waals surface area (Å²) in [7, 11) is 1.59. The van der Waals surface area contributed by atoms with Crippen LogP contribution in [0.25, 0.3) is 10.9 Å². The minimum atomic E-state index is -0.479. The molecule has 0 spiro atoms. The number of esters is 1. The summed E-state index contributed by atoms with van der Waals surface area (Å²) in [6.07, 6.45) is 0.0603. The van der Waals surface area contributed by atoms with Gasteiger partial charge in [-0.1, -0.05) is 48.2 Å². The highest BCUT2D eigenvalue weighted by Gasteiger charge is 2.19. The van der Waals surface area contributed by atoms with Crippen LogP contribution in [0.5, 0.6) is 5.75 Å². The van der Waals surface area contributed by atoms with Gasteiger partial charge in [-0.05, 0) is 36.8 Å². The molecule has 0 unspecified atom stereocenters. The van der Waals surface area contributed by atoms with Gasteiger partial charge >= 0.3 is 5.97 Å². The van der Waals surface area contributed by atoms with E-state index in [2.05, 4.69) is 10.3 Å². The molecular formula is C23H24N2O4S. The van der Waals surface area contributed by atoms with Gasteiger partial charge in [0.2, 0.25) is 5.91 Å². The number of aromatic nitrogens is 1. The van der Waals surface area contributed by atoms with Crippen molar-refractivity contribution in [2.75, 3.05) is 19.5 Å². The molecule has 30 heavy (non-hydrogen) atoms. The number of rotatable bonds is 9. The van der Waals surface area contributed by atoms with Gasteiger partial charge in [0.25, 0.3) is 0 Å². The van der Waals surface area contributed by atoms with Crippen molar-refractivity contribution < 1.29 is 19.1 Å². The Hall–Kier alpha value is -3.06. The summed E-state index contributed by atoms with van der Waals surface area (Å²) in [5, 5.41) is 4.77. The van der Waals surface area contributed by atoms with E-state index < -0.39 is 6.04 Å². The number of fused-ring (bicyclic) bond motifs is 1. The SMILES string of the molecule is CCOC(=O)C[C@@H](NC(=O)CSc1ccc2ccccc2n1)c1ccc(OC)cc1. The Bertz CT molecular complexity index is 1010. The van der Waals surface area contributed by atoms with Crippen molar-refractivity contribution in [1.29, 1.82) is 0 Å². The standard InChI is InChI=1S/C23H24N2O4S/c1-3-29-23(27)14-20(17-8-11-18(28-2)12-9-17)24-21(26)15-30-22-13-10-16-6-4-5-7-19(16)25-22/h4-13,20H,3,14-15H2,1-2H3,(H,24,26)/t20-/m1/s1. The third-order valence-corrected chi connectivity index (χ3v) is 5.38. The predicted octanol–water partition coefficient (Wildman–Crippen LogP) is 4.15. The second kappa shape index (κ2) is 10.6. The summed E-state index contributed by atoms with van der Waals surface area (Å²) in [6, 6.07) is 18.5. The second-order valence-electron chi connectivity index (χ2n) is 6.53. The zero-order valence-electron chi connectivity index (χ0n) is 17.0. The van der Waals surface area contributed by atoms with E-state index in [1.54, 1.807) is 26.2 Å². The third-order valence-electron chi connectivity index (χ3n) is 4.45. The number of amides is 1. The average Bonchev–Trinajstić information content (AvgIpc) is 2.77. The minimum absolute atomic E-state index is 0.0603. The molecule has 0 saturated carbocycles. The predicted molar refractivity (Wildman–Crippen MR) is 118 cm³/mol. The molecule has 1 atom stereocenters. The number of nitrogens with one attached hydrogen (secondary N) is 1. The molecule has 0 radical (unpaired) electrons. The van der Waals surface area contributed by atoms with Crippen LogP contribution in [0.3, 0.4) is 0 Å². The number of hydrogen-bond acceptors (Lipinski definition) is 6. The molecule has 1 aromatic heterocycles. The largest absolute Gasteiger partial charge is 0.497 e. The van der Waals surface area contributed by atoms with Crippen molar-refractivity contribution in [1.82, 2.24) is 10.3 Å². The van der Waals surface area contributed by atoms with Crippen LogP contribution in [0.2, 0.25) is 0 Å². The normalized spacial score (nSPS) is 11.7. The van der Waals surface area contributed by atoms with E-state index in [9.17, 15) is 9.59 Å². The second-order valence-corrected chi connectivity index (χ2v) is 7.53. The van der Waals surface area contributed by atoms with Crippen LogP contribution in [-0.2, 0) is 14.3 Å². The van der Waals surface area contributed by atoms with E-state index in [1.165, 1.54) is 11.8 Å². The molecule has 0 fully saturated rings. The van der Waals surface area contributed by atoms with Gasteiger partial charge in [0.15, 0.2) is 0 Å². The van der Waals surface area contributed by atoms with Gasteiger partial charge in [-0.2, -0.15) is 0 Å². The number of carbonyl (C=O) groups is 2. The molecule has 0 bridgehead atoms. The molecule has 0 saturated heterocycles. The Labute approximate surface area is 180 Å². The van der Waals surface area contributed by atoms with E-state index >= 15 is 0 Å². The van der Waals surface area contributed by atoms with Crippen molar-refractivity contribution in [2.45, 2.75) is 24.4 Å². The van der Waals surface area contributed by atoms with Gasteiger partial charge < -0.3 is 14.8 Å². The van der Waals surface area contributed by atoms with Crippen LogP contribution < -0.4 is 10.1 Å². The zero-order chi connectivity index (χ0) is 21.3. The fraction of sp³-hybridized carbons (Fsp3) is 0.261. The fourth-order valence-corrected chi connectivity index (χ4v) is 3.67. The summed E-state index contributed by atoms with van der Waals surface area (Å²) >= 11 is 1.36. The fourth-order valence-electron chi connectivity index (χ4n) is 2.98. The summed E-state index contributed by atoms with van der Waals surface area (Å²) in [5.41, 5.74) is 1.70. The number of benzene rings is 2. The van der Waals surface area contributed by atoms with E-state index in [4.69, 9.17) is 9.47 Å². The molecule has 3 aromatic rings. The Morgan fingerprint density at radius 2 is 1.83 bits per heavy atom. The lowest BCUT2D eigenvalue weighted by molar-refractivity contribution is -0.143. The van der Waals surface area contributed by atoms with Gasteiger partial charge in [-0.15, -0.1) is 0 Å². The molecule has 1 N–H and O–H groups in total. The first kappa shape index (κ1) is 21.6. The van der Waals surface area contributed by atoms with E-state index in [1.807, 2.05) is 48.5 Å². The zero-order valence-corrected chi connectivity index (χ0v) is 17.8. The molecule has 156 valence electrons. The Morgan fingerprint density at radius 3 is 2.57 bits per heavy atom. The van der Waals surface area contributed by atoms with Crippen molar-refractivity contribution in [3.8, 4) is 5.75 Å². The lowest BCUT2D eigenvalue weighted by Crippen LogP contribution is -2.32. The molecule has 1 heterocycles. The Kier molecular flexibility index (Phi) is 7.68. The number of methoxy groups -OCH3 is 1. The van der Waals surface area contributed by atoms with Crippen LogP contribution in [-0.4, -0.2) is 36.3 Å². The Morgan fingerprint density at radius 1 is 1.07 bits per heavy atom. The van der Waals surface area contributed by atoms with E-state index in [-0.39, 0.29) is 24.1 Å². The van der Waals surface area contributed by atoms with Gasteiger partial charge in [0.05, 0.1) is 42.5 Å². The Balaban J connectivity index is 1.65. The molecule has 0 aliphatic rings. The molecule has 0 aliphatic heterocycles. The first-order valence-corrected chi connectivity index (χ1v) is 10.6. The van der Waals surface area contributed by atoms with Crippen LogP contribution >= 0.6 is 11.8 Å². The number of pyridine rings is 1. The van der Waals surface area contributed by atoms with E-state index in [0.717, 1.165) is 21.5 Å². The summed E-state index contributed by atoms with van der Waals surface area (Å²) in [4.78, 5) is 29.2. The van der Waals surface area contributed by atoms with Crippen molar-refractivity contribution in [3.63, 3.8) is 0 Å². The molecule has 2 aromatic carbocycles. The van der Waals surface area contributed by atoms with Crippen molar-refractivity contribution in [2.24, 2.45) is 0 Å². The van der Waals surface area contributed by atoms with Crippen molar-refractivity contribution >= 4 is 34.5 Å². The van der Waals surface area contributed by atoms with Crippen LogP contribution in [0.4, 0.5) is 0 Å². The van der Waals surface area contributed by atoms with Crippen LogP contribution in [0.15, 0.2) is 65.7 Å². The van der Waals surface area contributed by atoms with Gasteiger partial charge in [0, 0.05) is 5.39 Å². The average molecular weight is 425 g/mol. The lowest BCUT2D eigenvalue weighted by Gasteiger charge is -2.19. The maximum Gasteiger partial charge on any atom is 0.308 e. The molecule has 6 nitrogen and oxygen atoms in total. The molecule has 1 amide bonds. The van der Waals surface area contributed by atoms with Crippen LogP contribution in [0.1, 0.15) is 24.9 Å². The molecular weight excluding hydrogens is 400 g/mol. The van der Waals surface area contributed by atoms with E-state index in [0.29, 0.717) is 12.4 Å². The number of ether oxygens (including phenoxy) is 2. The number of para-hydroxylation sites is 1. The quantitative estimate of drug-likeness (QED) is 0.411. The monoisotopic (exact) mass is 424 g/mol. The maximum atomic E-state index is 12.6. The molecule has 0 aliphatic carbocycles. The summed E-state index contributed by atoms with van der Waals surface area (Å²) in [6.45, 7) is 2.05. The number of nitrogens with zero attached hydrogens (tertiary/aromatic N) is 1. The van der Waals surface area contributed by atoms with Gasteiger partial charge in [-0.25, -0.2) is 4.98 Å². The smallest absolute Gasteiger partial charge is 0.308 e.